The van der Waals surface area contributed by atoms with Crippen molar-refractivity contribution in [2.24, 2.45) is 0 Å². The molecule has 0 bridgehead atoms. The van der Waals surface area contributed by atoms with Gasteiger partial charge in [0.1, 0.15) is 0 Å². The average molecular weight is 249 g/mol. The lowest BCUT2D eigenvalue weighted by molar-refractivity contribution is 0.334. The van der Waals surface area contributed by atoms with Crippen LogP contribution in [0.2, 0.25) is 18.1 Å². The van der Waals surface area contributed by atoms with Gasteiger partial charge in [-0.15, -0.1) is 0 Å². The Labute approximate surface area is 85.1 Å². The number of rotatable bonds is 2. The van der Waals surface area contributed by atoms with Gasteiger partial charge in [-0.05, 0) is 23.0 Å². The zero-order valence-electron chi connectivity index (χ0n) is 8.49. The van der Waals surface area contributed by atoms with E-state index >= 15 is 0 Å². The molecule has 3 heteroatoms. The average Bonchev–Trinajstić information content (AvgIpc) is 1.85. The Morgan fingerprint density at radius 2 is 1.83 bits per heavy atom. The second kappa shape index (κ2) is 4.45. The van der Waals surface area contributed by atoms with Crippen molar-refractivity contribution in [1.82, 2.24) is 0 Å². The van der Waals surface area contributed by atoms with Crippen LogP contribution in [0.25, 0.3) is 0 Å². The standard InChI is InChI=1S/C9H17BrOSi/c1-9(2,3)12(4,5)11-8-6-7-10/h8H2,1-5H3. The zero-order chi connectivity index (χ0) is 9.83. The third kappa shape index (κ3) is 3.75. The van der Waals surface area contributed by atoms with Crippen LogP contribution in [0.15, 0.2) is 0 Å². The fourth-order valence-corrected chi connectivity index (χ4v) is 1.44. The van der Waals surface area contributed by atoms with Gasteiger partial charge in [0.25, 0.3) is 0 Å². The first kappa shape index (κ1) is 12.2. The van der Waals surface area contributed by atoms with Crippen LogP contribution in [0.1, 0.15) is 20.8 Å². The van der Waals surface area contributed by atoms with Crippen molar-refractivity contribution in [2.45, 2.75) is 38.9 Å². The molecule has 70 valence electrons. The van der Waals surface area contributed by atoms with Gasteiger partial charge in [0.15, 0.2) is 8.32 Å². The Hall–Kier alpha value is 0.217. The molecule has 0 aromatic carbocycles. The Balaban J connectivity index is 4.11. The first-order valence-corrected chi connectivity index (χ1v) is 7.74. The Kier molecular flexibility index (Phi) is 4.53. The highest BCUT2D eigenvalue weighted by Crippen LogP contribution is 2.36. The molecule has 0 aromatic heterocycles. The van der Waals surface area contributed by atoms with E-state index in [0.717, 1.165) is 0 Å². The molecule has 0 rings (SSSR count). The van der Waals surface area contributed by atoms with Gasteiger partial charge in [-0.2, -0.15) is 0 Å². The predicted molar refractivity (Wildman–Crippen MR) is 59.9 cm³/mol. The molecule has 12 heavy (non-hydrogen) atoms. The summed E-state index contributed by atoms with van der Waals surface area (Å²) in [6.45, 7) is 11.7. The first-order valence-electron chi connectivity index (χ1n) is 4.04. The summed E-state index contributed by atoms with van der Waals surface area (Å²) in [5.41, 5.74) is 0. The monoisotopic (exact) mass is 248 g/mol. The maximum Gasteiger partial charge on any atom is 0.193 e. The number of hydrogen-bond acceptors (Lipinski definition) is 1. The van der Waals surface area contributed by atoms with Crippen molar-refractivity contribution in [1.29, 1.82) is 0 Å². The van der Waals surface area contributed by atoms with E-state index in [1.165, 1.54) is 0 Å². The Morgan fingerprint density at radius 3 is 2.17 bits per heavy atom. The molecule has 0 aliphatic carbocycles. The highest BCUT2D eigenvalue weighted by Gasteiger charge is 2.36. The highest BCUT2D eigenvalue weighted by atomic mass is 79.9. The van der Waals surface area contributed by atoms with Crippen LogP contribution < -0.4 is 0 Å². The minimum absolute atomic E-state index is 0.279. The van der Waals surface area contributed by atoms with E-state index in [1.54, 1.807) is 0 Å². The van der Waals surface area contributed by atoms with Crippen molar-refractivity contribution in [2.75, 3.05) is 6.61 Å². The molecule has 0 saturated carbocycles. The SMILES string of the molecule is CC(C)(C)[Si](C)(C)OCC#CBr. The summed E-state index contributed by atoms with van der Waals surface area (Å²) in [6.07, 6.45) is 0. The molecule has 1 nitrogen and oxygen atoms in total. The molecule has 0 amide bonds. The highest BCUT2D eigenvalue weighted by molar-refractivity contribution is 9.12. The van der Waals surface area contributed by atoms with Crippen molar-refractivity contribution < 1.29 is 4.43 Å². The van der Waals surface area contributed by atoms with E-state index in [1.807, 2.05) is 0 Å². The summed E-state index contributed by atoms with van der Waals surface area (Å²) < 4.78 is 5.77. The molecular formula is C9H17BrOSi. The van der Waals surface area contributed by atoms with Crippen molar-refractivity contribution >= 4 is 24.2 Å². The largest absolute Gasteiger partial charge is 0.406 e. The molecule has 0 fully saturated rings. The van der Waals surface area contributed by atoms with Crippen LogP contribution in [0.4, 0.5) is 0 Å². The van der Waals surface area contributed by atoms with E-state index in [9.17, 15) is 0 Å². The minimum Gasteiger partial charge on any atom is -0.406 e. The molecule has 0 heterocycles. The van der Waals surface area contributed by atoms with E-state index in [4.69, 9.17) is 4.43 Å². The van der Waals surface area contributed by atoms with Crippen molar-refractivity contribution in [3.63, 3.8) is 0 Å². The van der Waals surface area contributed by atoms with Gasteiger partial charge in [-0.1, -0.05) is 26.7 Å². The van der Waals surface area contributed by atoms with Gasteiger partial charge in [0.05, 0.1) is 6.61 Å². The van der Waals surface area contributed by atoms with Gasteiger partial charge in [0, 0.05) is 15.9 Å². The summed E-state index contributed by atoms with van der Waals surface area (Å²) in [6, 6.07) is 0. The van der Waals surface area contributed by atoms with Crippen molar-refractivity contribution in [3.8, 4) is 10.8 Å². The summed E-state index contributed by atoms with van der Waals surface area (Å²) >= 11 is 3.04. The smallest absolute Gasteiger partial charge is 0.193 e. The summed E-state index contributed by atoms with van der Waals surface area (Å²) in [7, 11) is -1.57. The van der Waals surface area contributed by atoms with Crippen LogP contribution in [0.3, 0.4) is 0 Å². The maximum absolute atomic E-state index is 5.77. The number of halogens is 1. The van der Waals surface area contributed by atoms with Crippen LogP contribution in [-0.4, -0.2) is 14.9 Å². The molecule has 0 aliphatic heterocycles. The van der Waals surface area contributed by atoms with Crippen molar-refractivity contribution in [3.05, 3.63) is 0 Å². The molecule has 0 saturated heterocycles. The summed E-state index contributed by atoms with van der Waals surface area (Å²) in [5.74, 6) is 2.86. The normalized spacial score (nSPS) is 12.2. The number of hydrogen-bond donors (Lipinski definition) is 0. The minimum atomic E-state index is -1.57. The van der Waals surface area contributed by atoms with E-state index < -0.39 is 8.32 Å². The molecule has 0 N–H and O–H groups in total. The van der Waals surface area contributed by atoms with Gasteiger partial charge >= 0.3 is 0 Å². The third-order valence-corrected chi connectivity index (χ3v) is 7.14. The molecule has 0 unspecified atom stereocenters. The molecular weight excluding hydrogens is 232 g/mol. The van der Waals surface area contributed by atoms with Crippen LogP contribution in [0.5, 0.6) is 0 Å². The lowest BCUT2D eigenvalue weighted by Crippen LogP contribution is -2.40. The summed E-state index contributed by atoms with van der Waals surface area (Å²) in [4.78, 5) is 2.65. The first-order chi connectivity index (χ1) is 5.31. The molecule has 0 atom stereocenters. The van der Waals surface area contributed by atoms with E-state index in [-0.39, 0.29) is 5.04 Å². The zero-order valence-corrected chi connectivity index (χ0v) is 11.1. The topological polar surface area (TPSA) is 9.23 Å². The quantitative estimate of drug-likeness (QED) is 0.538. The third-order valence-electron chi connectivity index (χ3n) is 2.38. The van der Waals surface area contributed by atoms with E-state index in [2.05, 4.69) is 60.5 Å². The second-order valence-corrected chi connectivity index (χ2v) is 9.53. The lowest BCUT2D eigenvalue weighted by atomic mass is 10.2. The maximum atomic E-state index is 5.77. The molecule has 0 aromatic rings. The molecule has 0 radical (unpaired) electrons. The Morgan fingerprint density at radius 1 is 1.33 bits per heavy atom. The van der Waals surface area contributed by atoms with Gasteiger partial charge < -0.3 is 4.43 Å². The second-order valence-electron chi connectivity index (χ2n) is 4.32. The van der Waals surface area contributed by atoms with Gasteiger partial charge in [0.2, 0.25) is 0 Å². The molecule has 0 aliphatic rings. The predicted octanol–water partition coefficient (Wildman–Crippen LogP) is 3.36. The Bertz CT molecular complexity index is 195. The fourth-order valence-electron chi connectivity index (χ4n) is 0.460. The van der Waals surface area contributed by atoms with Crippen LogP contribution >= 0.6 is 15.9 Å². The van der Waals surface area contributed by atoms with E-state index in [0.29, 0.717) is 6.61 Å². The van der Waals surface area contributed by atoms with Crippen LogP contribution in [-0.2, 0) is 4.43 Å². The van der Waals surface area contributed by atoms with Crippen LogP contribution in [0, 0.1) is 10.8 Å². The summed E-state index contributed by atoms with van der Waals surface area (Å²) in [5, 5.41) is 0.279. The molecule has 0 spiro atoms. The van der Waals surface area contributed by atoms with Gasteiger partial charge in [-0.3, -0.25) is 0 Å². The van der Waals surface area contributed by atoms with Gasteiger partial charge in [-0.25, -0.2) is 0 Å². The fraction of sp³-hybridized carbons (Fsp3) is 0.778. The lowest BCUT2D eigenvalue weighted by Gasteiger charge is -2.35.